The van der Waals surface area contributed by atoms with Gasteiger partial charge in [-0.2, -0.15) is 0 Å². The number of para-hydroxylation sites is 1. The first-order chi connectivity index (χ1) is 18.0. The molecule has 1 aliphatic heterocycles. The summed E-state index contributed by atoms with van der Waals surface area (Å²) in [5.41, 5.74) is 1.76. The number of piperidine rings is 1. The van der Waals surface area contributed by atoms with E-state index in [2.05, 4.69) is 32.2 Å². The predicted octanol–water partition coefficient (Wildman–Crippen LogP) is 5.47. The number of amides is 1. The van der Waals surface area contributed by atoms with Crippen LogP contribution in [-0.2, 0) is 4.79 Å². The number of hydrogen-bond acceptors (Lipinski definition) is 4. The Morgan fingerprint density at radius 2 is 1.51 bits per heavy atom. The monoisotopic (exact) mass is 517 g/mol. The van der Waals surface area contributed by atoms with Crippen molar-refractivity contribution in [2.75, 3.05) is 25.0 Å². The van der Waals surface area contributed by atoms with Gasteiger partial charge in [0.15, 0.2) is 0 Å². The van der Waals surface area contributed by atoms with E-state index in [4.69, 9.17) is 4.74 Å². The first-order valence-electron chi connectivity index (χ1n) is 13.6. The van der Waals surface area contributed by atoms with Gasteiger partial charge in [0.05, 0.1) is 25.8 Å². The van der Waals surface area contributed by atoms with Crippen molar-refractivity contribution >= 4 is 28.9 Å². The molecule has 3 aromatic rings. The summed E-state index contributed by atoms with van der Waals surface area (Å²) in [4.78, 5) is 32.8. The molecule has 37 heavy (non-hydrogen) atoms. The van der Waals surface area contributed by atoms with E-state index in [1.807, 2.05) is 41.3 Å². The van der Waals surface area contributed by atoms with Crippen LogP contribution in [0.15, 0.2) is 66.7 Å². The lowest BCUT2D eigenvalue weighted by atomic mass is 9.82. The summed E-state index contributed by atoms with van der Waals surface area (Å²) >= 11 is 1.42. The molecule has 0 bridgehead atoms. The van der Waals surface area contributed by atoms with E-state index in [9.17, 15) is 9.59 Å². The molecule has 1 saturated carbocycles. The molecule has 5 nitrogen and oxygen atoms in total. The third-order valence-electron chi connectivity index (χ3n) is 7.95. The summed E-state index contributed by atoms with van der Waals surface area (Å²) in [6.45, 7) is 4.33. The average molecular weight is 518 g/mol. The standard InChI is InChI=1S/C31H36N2O3S/c1-22-13-15-24(16-14-22)30(34)33(25-17-19-32(2)20-18-25)27-21-28(23-9-5-3-6-10-23)37-29(27)31(35)36-26-11-7-4-8-12-26/h3-12,21-22,24-25H,13-20H2,1-2H3/p+1. The Morgan fingerprint density at radius 1 is 0.892 bits per heavy atom. The van der Waals surface area contributed by atoms with Crippen molar-refractivity contribution in [2.45, 2.75) is 51.5 Å². The number of ether oxygens (including phenoxy) is 1. The van der Waals surface area contributed by atoms with E-state index in [-0.39, 0.29) is 17.9 Å². The number of carbonyl (C=O) groups excluding carboxylic acids is 2. The number of carbonyl (C=O) groups is 2. The normalized spacial score (nSPS) is 23.8. The molecule has 1 aliphatic carbocycles. The molecule has 0 atom stereocenters. The lowest BCUT2D eigenvalue weighted by Gasteiger charge is -2.38. The molecule has 2 heterocycles. The fraction of sp³-hybridized carbons (Fsp3) is 0.419. The van der Waals surface area contributed by atoms with Gasteiger partial charge in [0.1, 0.15) is 10.6 Å². The number of rotatable bonds is 6. The number of hydrogen-bond donors (Lipinski definition) is 1. The topological polar surface area (TPSA) is 51.0 Å². The summed E-state index contributed by atoms with van der Waals surface area (Å²) in [7, 11) is 2.21. The first-order valence-corrected chi connectivity index (χ1v) is 14.4. The zero-order valence-corrected chi connectivity index (χ0v) is 22.6. The van der Waals surface area contributed by atoms with E-state index in [1.54, 1.807) is 12.1 Å². The van der Waals surface area contributed by atoms with Gasteiger partial charge in [-0.3, -0.25) is 4.79 Å². The largest absolute Gasteiger partial charge is 0.422 e. The molecule has 6 heteroatoms. The lowest BCUT2D eigenvalue weighted by molar-refractivity contribution is -0.884. The van der Waals surface area contributed by atoms with Crippen LogP contribution >= 0.6 is 11.3 Å². The maximum absolute atomic E-state index is 14.2. The Bertz CT molecular complexity index is 1190. The number of thiophene rings is 1. The average Bonchev–Trinajstić information content (AvgIpc) is 3.36. The Morgan fingerprint density at radius 3 is 2.16 bits per heavy atom. The molecule has 2 fully saturated rings. The molecule has 1 aromatic heterocycles. The summed E-state index contributed by atoms with van der Waals surface area (Å²) in [6.07, 6.45) is 5.89. The third-order valence-corrected chi connectivity index (χ3v) is 9.10. The summed E-state index contributed by atoms with van der Waals surface area (Å²) in [5.74, 6) is 0.979. The second-order valence-electron chi connectivity index (χ2n) is 10.7. The van der Waals surface area contributed by atoms with Crippen molar-refractivity contribution < 1.29 is 19.2 Å². The van der Waals surface area contributed by atoms with Gasteiger partial charge in [-0.15, -0.1) is 11.3 Å². The zero-order chi connectivity index (χ0) is 25.8. The minimum Gasteiger partial charge on any atom is -0.422 e. The molecular weight excluding hydrogens is 480 g/mol. The van der Waals surface area contributed by atoms with Crippen molar-refractivity contribution in [1.29, 1.82) is 0 Å². The number of nitrogens with zero attached hydrogens (tertiary/aromatic N) is 1. The Labute approximate surface area is 224 Å². The Kier molecular flexibility index (Phi) is 8.06. The van der Waals surface area contributed by atoms with Gasteiger partial charge in [-0.25, -0.2) is 4.79 Å². The number of likely N-dealkylation sites (tertiary alicyclic amines) is 1. The van der Waals surface area contributed by atoms with Gasteiger partial charge in [0, 0.05) is 29.7 Å². The van der Waals surface area contributed by atoms with Crippen LogP contribution in [-0.4, -0.2) is 38.1 Å². The van der Waals surface area contributed by atoms with E-state index >= 15 is 0 Å². The van der Waals surface area contributed by atoms with Gasteiger partial charge in [-0.05, 0) is 55.4 Å². The molecule has 0 radical (unpaired) electrons. The SMILES string of the molecule is CC1CCC(C(=O)N(c2cc(-c3ccccc3)sc2C(=O)Oc2ccccc2)C2CC[NH+](C)CC2)CC1. The minimum atomic E-state index is -0.401. The Balaban J connectivity index is 1.55. The number of anilines is 1. The van der Waals surface area contributed by atoms with Gasteiger partial charge in [-0.1, -0.05) is 55.5 Å². The molecule has 1 amide bonds. The highest BCUT2D eigenvalue weighted by atomic mass is 32.1. The highest BCUT2D eigenvalue weighted by Gasteiger charge is 2.38. The highest BCUT2D eigenvalue weighted by Crippen LogP contribution is 2.41. The maximum atomic E-state index is 14.2. The quantitative estimate of drug-likeness (QED) is 0.348. The fourth-order valence-corrected chi connectivity index (χ4v) is 6.68. The van der Waals surface area contributed by atoms with E-state index < -0.39 is 5.97 Å². The van der Waals surface area contributed by atoms with Crippen molar-refractivity contribution in [3.8, 4) is 16.2 Å². The molecule has 2 aromatic carbocycles. The molecule has 194 valence electrons. The highest BCUT2D eigenvalue weighted by molar-refractivity contribution is 7.18. The van der Waals surface area contributed by atoms with Crippen molar-refractivity contribution in [1.82, 2.24) is 0 Å². The molecule has 2 aliphatic rings. The second kappa shape index (κ2) is 11.6. The van der Waals surface area contributed by atoms with Gasteiger partial charge in [0.2, 0.25) is 5.91 Å². The van der Waals surface area contributed by atoms with Crippen LogP contribution in [0.2, 0.25) is 0 Å². The fourth-order valence-electron chi connectivity index (χ4n) is 5.65. The number of benzene rings is 2. The Hall–Kier alpha value is -2.96. The first kappa shape index (κ1) is 25.7. The summed E-state index contributed by atoms with van der Waals surface area (Å²) in [6, 6.07) is 21.4. The molecule has 0 unspecified atom stereocenters. The van der Waals surface area contributed by atoms with E-state index in [1.165, 1.54) is 16.2 Å². The van der Waals surface area contributed by atoms with E-state index in [0.717, 1.165) is 67.7 Å². The summed E-state index contributed by atoms with van der Waals surface area (Å²) in [5, 5.41) is 0. The number of esters is 1. The molecule has 5 rings (SSSR count). The van der Waals surface area contributed by atoms with E-state index in [0.29, 0.717) is 16.5 Å². The number of nitrogens with one attached hydrogen (secondary N) is 1. The van der Waals surface area contributed by atoms with Crippen LogP contribution in [0.4, 0.5) is 5.69 Å². The van der Waals surface area contributed by atoms with Crippen molar-refractivity contribution in [2.24, 2.45) is 11.8 Å². The molecule has 1 saturated heterocycles. The van der Waals surface area contributed by atoms with Crippen molar-refractivity contribution in [3.05, 3.63) is 71.6 Å². The van der Waals surface area contributed by atoms with Crippen LogP contribution in [0.3, 0.4) is 0 Å². The number of quaternary nitrogens is 1. The second-order valence-corrected chi connectivity index (χ2v) is 11.8. The predicted molar refractivity (Wildman–Crippen MR) is 149 cm³/mol. The van der Waals surface area contributed by atoms with Crippen LogP contribution < -0.4 is 14.5 Å². The lowest BCUT2D eigenvalue weighted by Crippen LogP contribution is -3.10. The van der Waals surface area contributed by atoms with Crippen LogP contribution in [0.5, 0.6) is 5.75 Å². The maximum Gasteiger partial charge on any atom is 0.355 e. The van der Waals surface area contributed by atoms with Crippen LogP contribution in [0.25, 0.3) is 10.4 Å². The molecule has 1 N–H and O–H groups in total. The zero-order valence-electron chi connectivity index (χ0n) is 21.8. The molecule has 0 spiro atoms. The smallest absolute Gasteiger partial charge is 0.355 e. The minimum absolute atomic E-state index is 0.0151. The van der Waals surface area contributed by atoms with Crippen LogP contribution in [0.1, 0.15) is 55.1 Å². The van der Waals surface area contributed by atoms with Gasteiger partial charge < -0.3 is 14.5 Å². The van der Waals surface area contributed by atoms with Crippen molar-refractivity contribution in [3.63, 3.8) is 0 Å². The van der Waals surface area contributed by atoms with Gasteiger partial charge >= 0.3 is 5.97 Å². The van der Waals surface area contributed by atoms with Gasteiger partial charge in [0.25, 0.3) is 0 Å². The third kappa shape index (κ3) is 5.97. The van der Waals surface area contributed by atoms with Crippen LogP contribution in [0, 0.1) is 11.8 Å². The summed E-state index contributed by atoms with van der Waals surface area (Å²) < 4.78 is 5.81. The molecular formula is C31H37N2O3S+.